The van der Waals surface area contributed by atoms with Gasteiger partial charge in [-0.2, -0.15) is 0 Å². The van der Waals surface area contributed by atoms with Gasteiger partial charge in [0, 0.05) is 11.0 Å². The van der Waals surface area contributed by atoms with Crippen molar-refractivity contribution in [2.75, 3.05) is 14.2 Å². The molecular formula is C21H22O2. The molecule has 0 amide bonds. The smallest absolute Gasteiger partial charge is 0.122 e. The lowest BCUT2D eigenvalue weighted by Crippen LogP contribution is -2.18. The average molecular weight is 306 g/mol. The van der Waals surface area contributed by atoms with Crippen LogP contribution in [0.4, 0.5) is 0 Å². The minimum atomic E-state index is 0.159. The van der Waals surface area contributed by atoms with Gasteiger partial charge < -0.3 is 9.47 Å². The van der Waals surface area contributed by atoms with Crippen LogP contribution in [0.3, 0.4) is 0 Å². The second-order valence-electron chi connectivity index (χ2n) is 6.86. The van der Waals surface area contributed by atoms with Crippen LogP contribution in [0.25, 0.3) is 5.57 Å². The van der Waals surface area contributed by atoms with Crippen molar-refractivity contribution in [1.82, 2.24) is 0 Å². The molecule has 0 N–H and O–H groups in total. The third kappa shape index (κ3) is 2.16. The van der Waals surface area contributed by atoms with Crippen LogP contribution in [0.5, 0.6) is 11.5 Å². The first kappa shape index (κ1) is 14.4. The number of rotatable bonds is 2. The van der Waals surface area contributed by atoms with Crippen molar-refractivity contribution < 1.29 is 9.47 Å². The number of hydrogen-bond donors (Lipinski definition) is 0. The normalized spacial score (nSPS) is 21.6. The van der Waals surface area contributed by atoms with Gasteiger partial charge in [-0.3, -0.25) is 0 Å². The van der Waals surface area contributed by atoms with Crippen LogP contribution in [-0.4, -0.2) is 14.2 Å². The molecule has 2 aliphatic rings. The first-order valence-electron chi connectivity index (χ1n) is 8.17. The highest BCUT2D eigenvalue weighted by Crippen LogP contribution is 2.51. The van der Waals surface area contributed by atoms with E-state index >= 15 is 0 Å². The standard InChI is InChI=1S/C21H22O2/c1-21-12-14-5-4-6-20(23-3)18(14)9-10-19(21)17-8-7-16(22-2)11-15(17)13-21/h4-8,10-11H,9,12-13H2,1-3H3. The lowest BCUT2D eigenvalue weighted by molar-refractivity contribution is 0.408. The lowest BCUT2D eigenvalue weighted by Gasteiger charge is -2.26. The summed E-state index contributed by atoms with van der Waals surface area (Å²) in [6.45, 7) is 2.39. The van der Waals surface area contributed by atoms with Gasteiger partial charge in [0.1, 0.15) is 11.5 Å². The summed E-state index contributed by atoms with van der Waals surface area (Å²) in [7, 11) is 3.50. The Balaban J connectivity index is 1.82. The van der Waals surface area contributed by atoms with Crippen molar-refractivity contribution in [1.29, 1.82) is 0 Å². The number of fused-ring (bicyclic) bond motifs is 4. The third-order valence-corrected chi connectivity index (χ3v) is 5.37. The van der Waals surface area contributed by atoms with Crippen molar-refractivity contribution in [3.63, 3.8) is 0 Å². The van der Waals surface area contributed by atoms with Crippen LogP contribution in [0, 0.1) is 5.41 Å². The van der Waals surface area contributed by atoms with Gasteiger partial charge in [0.25, 0.3) is 0 Å². The molecule has 0 bridgehead atoms. The maximum atomic E-state index is 5.58. The molecule has 2 aliphatic carbocycles. The summed E-state index contributed by atoms with van der Waals surface area (Å²) in [5.41, 5.74) is 7.19. The Morgan fingerprint density at radius 2 is 1.78 bits per heavy atom. The molecule has 0 aliphatic heterocycles. The van der Waals surface area contributed by atoms with E-state index in [4.69, 9.17) is 9.47 Å². The van der Waals surface area contributed by atoms with E-state index in [0.717, 1.165) is 30.8 Å². The Kier molecular flexibility index (Phi) is 3.22. The van der Waals surface area contributed by atoms with Crippen molar-refractivity contribution in [3.05, 3.63) is 64.7 Å². The van der Waals surface area contributed by atoms with Crippen molar-refractivity contribution in [2.24, 2.45) is 5.41 Å². The second kappa shape index (κ2) is 5.16. The zero-order chi connectivity index (χ0) is 16.0. The Morgan fingerprint density at radius 3 is 2.57 bits per heavy atom. The highest BCUT2D eigenvalue weighted by atomic mass is 16.5. The predicted molar refractivity (Wildman–Crippen MR) is 93.2 cm³/mol. The molecule has 2 aromatic carbocycles. The van der Waals surface area contributed by atoms with Gasteiger partial charge in [-0.1, -0.05) is 31.2 Å². The third-order valence-electron chi connectivity index (χ3n) is 5.37. The second-order valence-corrected chi connectivity index (χ2v) is 6.86. The zero-order valence-corrected chi connectivity index (χ0v) is 14.0. The fraction of sp³-hybridized carbons (Fsp3) is 0.333. The number of allylic oxidation sites excluding steroid dienone is 2. The molecule has 0 heterocycles. The van der Waals surface area contributed by atoms with E-state index in [0.29, 0.717) is 0 Å². The summed E-state index contributed by atoms with van der Waals surface area (Å²) in [6, 6.07) is 12.9. The van der Waals surface area contributed by atoms with Crippen molar-refractivity contribution >= 4 is 5.57 Å². The van der Waals surface area contributed by atoms with Gasteiger partial charge in [-0.05, 0) is 59.7 Å². The van der Waals surface area contributed by atoms with Crippen LogP contribution in [0.15, 0.2) is 42.5 Å². The first-order valence-corrected chi connectivity index (χ1v) is 8.17. The molecule has 2 heteroatoms. The van der Waals surface area contributed by atoms with Crippen LogP contribution in [-0.2, 0) is 19.3 Å². The fourth-order valence-corrected chi connectivity index (χ4v) is 4.28. The fourth-order valence-electron chi connectivity index (χ4n) is 4.28. The van der Waals surface area contributed by atoms with E-state index in [-0.39, 0.29) is 5.41 Å². The van der Waals surface area contributed by atoms with E-state index in [1.165, 1.54) is 27.8 Å². The lowest BCUT2D eigenvalue weighted by atomic mass is 9.78. The van der Waals surface area contributed by atoms with Crippen LogP contribution < -0.4 is 9.47 Å². The van der Waals surface area contributed by atoms with E-state index in [9.17, 15) is 0 Å². The summed E-state index contributed by atoms with van der Waals surface area (Å²) in [5.74, 6) is 1.96. The van der Waals surface area contributed by atoms with Gasteiger partial charge >= 0.3 is 0 Å². The number of benzene rings is 2. The molecule has 118 valence electrons. The van der Waals surface area contributed by atoms with Gasteiger partial charge in [-0.25, -0.2) is 0 Å². The number of methoxy groups -OCH3 is 2. The molecule has 23 heavy (non-hydrogen) atoms. The van der Waals surface area contributed by atoms with Gasteiger partial charge in [-0.15, -0.1) is 0 Å². The quantitative estimate of drug-likeness (QED) is 0.816. The maximum absolute atomic E-state index is 5.58. The SMILES string of the molecule is COc1ccc2c(c1)CC1(C)Cc3cccc(OC)c3CC=C21. The number of hydrogen-bond acceptors (Lipinski definition) is 2. The first-order chi connectivity index (χ1) is 11.1. The van der Waals surface area contributed by atoms with E-state index < -0.39 is 0 Å². The van der Waals surface area contributed by atoms with E-state index in [1.54, 1.807) is 14.2 Å². The molecule has 4 rings (SSSR count). The minimum Gasteiger partial charge on any atom is -0.497 e. The van der Waals surface area contributed by atoms with Gasteiger partial charge in [0.2, 0.25) is 0 Å². The molecule has 0 radical (unpaired) electrons. The maximum Gasteiger partial charge on any atom is 0.122 e. The van der Waals surface area contributed by atoms with E-state index in [2.05, 4.69) is 49.4 Å². The van der Waals surface area contributed by atoms with Crippen molar-refractivity contribution in [3.8, 4) is 11.5 Å². The predicted octanol–water partition coefficient (Wildman–Crippen LogP) is 4.45. The number of ether oxygens (including phenoxy) is 2. The Hall–Kier alpha value is -2.22. The molecule has 1 atom stereocenters. The molecule has 0 aromatic heterocycles. The largest absolute Gasteiger partial charge is 0.497 e. The van der Waals surface area contributed by atoms with Crippen LogP contribution >= 0.6 is 0 Å². The Bertz CT molecular complexity index is 803. The highest BCUT2D eigenvalue weighted by Gasteiger charge is 2.39. The summed E-state index contributed by atoms with van der Waals surface area (Å²) in [6.07, 6.45) is 5.48. The Labute approximate surface area is 137 Å². The summed E-state index contributed by atoms with van der Waals surface area (Å²) in [4.78, 5) is 0. The molecule has 2 aromatic rings. The van der Waals surface area contributed by atoms with Crippen LogP contribution in [0.1, 0.15) is 29.2 Å². The highest BCUT2D eigenvalue weighted by molar-refractivity contribution is 5.79. The van der Waals surface area contributed by atoms with Gasteiger partial charge in [0.05, 0.1) is 14.2 Å². The molecule has 0 fully saturated rings. The summed E-state index contributed by atoms with van der Waals surface area (Å²) >= 11 is 0. The van der Waals surface area contributed by atoms with E-state index in [1.807, 2.05) is 0 Å². The minimum absolute atomic E-state index is 0.159. The molecule has 0 spiro atoms. The summed E-state index contributed by atoms with van der Waals surface area (Å²) < 4.78 is 11.0. The molecular weight excluding hydrogens is 284 g/mol. The monoisotopic (exact) mass is 306 g/mol. The van der Waals surface area contributed by atoms with Crippen molar-refractivity contribution in [2.45, 2.75) is 26.2 Å². The van der Waals surface area contributed by atoms with Gasteiger partial charge in [0.15, 0.2) is 0 Å². The Morgan fingerprint density at radius 1 is 0.957 bits per heavy atom. The molecule has 0 saturated carbocycles. The molecule has 1 unspecified atom stereocenters. The zero-order valence-electron chi connectivity index (χ0n) is 14.0. The average Bonchev–Trinajstić information content (AvgIpc) is 2.74. The molecule has 0 saturated heterocycles. The van der Waals surface area contributed by atoms with Crippen LogP contribution in [0.2, 0.25) is 0 Å². The molecule has 2 nitrogen and oxygen atoms in total. The topological polar surface area (TPSA) is 18.5 Å². The summed E-state index contributed by atoms with van der Waals surface area (Å²) in [5, 5.41) is 0.